The minimum Gasteiger partial charge on any atom is -0.507 e. The highest BCUT2D eigenvalue weighted by Crippen LogP contribution is 2.46. The van der Waals surface area contributed by atoms with E-state index in [0.29, 0.717) is 25.7 Å². The van der Waals surface area contributed by atoms with Crippen LogP contribution in [0, 0.1) is 0 Å². The lowest BCUT2D eigenvalue weighted by atomic mass is 9.96. The molecular weight excluding hydrogens is 877 g/mol. The molecule has 0 saturated heterocycles. The lowest BCUT2D eigenvalue weighted by molar-refractivity contribution is -0.275. The third-order valence-corrected chi connectivity index (χ3v) is 14.8. The molecule has 0 amide bonds. The van der Waals surface area contributed by atoms with Gasteiger partial charge in [-0.3, -0.25) is 4.55 Å². The second-order valence-electron chi connectivity index (χ2n) is 20.2. The van der Waals surface area contributed by atoms with E-state index in [9.17, 15) is 36.2 Å². The van der Waals surface area contributed by atoms with Gasteiger partial charge in [-0.15, -0.1) is 0 Å². The van der Waals surface area contributed by atoms with Crippen LogP contribution >= 0.6 is 0 Å². The van der Waals surface area contributed by atoms with E-state index < -0.39 is 38.7 Å². The van der Waals surface area contributed by atoms with Crippen molar-refractivity contribution in [2.45, 2.75) is 321 Å². The Kier molecular flexibility index (Phi) is 38.6. The highest BCUT2D eigenvalue weighted by atomic mass is 32.2. The van der Waals surface area contributed by atoms with Crippen LogP contribution < -0.4 is 4.74 Å². The molecule has 0 atom stereocenters. The monoisotopic (exact) mass is 979 g/mol. The number of aromatic hydroxyl groups is 2. The number of hydrogen-bond acceptors (Lipinski definition) is 5. The molecule has 67 heavy (non-hydrogen) atoms. The Labute approximate surface area is 409 Å². The number of benzene rings is 1. The van der Waals surface area contributed by atoms with Crippen LogP contribution in [-0.2, 0) is 23.0 Å². The number of phenolic OH excluding ortho intramolecular Hbond substituents is 2. The summed E-state index contributed by atoms with van der Waals surface area (Å²) >= 11 is 0. The average molecular weight is 979 g/mol. The second-order valence-corrected chi connectivity index (χ2v) is 21.6. The van der Waals surface area contributed by atoms with Crippen LogP contribution in [0.3, 0.4) is 0 Å². The molecule has 0 aromatic heterocycles. The van der Waals surface area contributed by atoms with Gasteiger partial charge in [-0.05, 0) is 25.7 Å². The first-order chi connectivity index (χ1) is 32.3. The van der Waals surface area contributed by atoms with Crippen molar-refractivity contribution >= 4 is 10.1 Å². The zero-order valence-corrected chi connectivity index (χ0v) is 43.9. The van der Waals surface area contributed by atoms with E-state index in [1.807, 2.05) is 0 Å². The van der Waals surface area contributed by atoms with Crippen LogP contribution in [0.5, 0.6) is 17.2 Å². The maximum Gasteiger partial charge on any atom is 0.483 e. The lowest BCUT2D eigenvalue weighted by Gasteiger charge is -2.27. The van der Waals surface area contributed by atoms with Gasteiger partial charge < -0.3 is 14.9 Å². The number of phenols is 2. The molecule has 0 heterocycles. The van der Waals surface area contributed by atoms with Crippen LogP contribution in [0.4, 0.5) is 17.6 Å². The number of hydrogen-bond donors (Lipinski definition) is 3. The molecule has 0 aliphatic heterocycles. The second kappa shape index (κ2) is 40.9. The Morgan fingerprint density at radius 3 is 0.776 bits per heavy atom. The summed E-state index contributed by atoms with van der Waals surface area (Å²) in [6.45, 7) is 4.52. The van der Waals surface area contributed by atoms with Crippen LogP contribution in [0.1, 0.15) is 307 Å². The van der Waals surface area contributed by atoms with E-state index in [1.165, 1.54) is 205 Å². The van der Waals surface area contributed by atoms with Gasteiger partial charge in [-0.25, -0.2) is 0 Å². The zero-order chi connectivity index (χ0) is 49.3. The van der Waals surface area contributed by atoms with E-state index in [4.69, 9.17) is 4.55 Å². The molecule has 0 fully saturated rings. The number of alkyl halides is 4. The molecule has 0 saturated carbocycles. The summed E-state index contributed by atoms with van der Waals surface area (Å²) < 4.78 is 94.5. The Bertz CT molecular complexity index is 1340. The maximum atomic E-state index is 14.9. The average Bonchev–Trinajstić information content (AvgIpc) is 3.28. The fourth-order valence-corrected chi connectivity index (χ4v) is 9.83. The topological polar surface area (TPSA) is 104 Å². The van der Waals surface area contributed by atoms with Crippen molar-refractivity contribution in [3.8, 4) is 17.2 Å². The van der Waals surface area contributed by atoms with Crippen molar-refractivity contribution in [2.24, 2.45) is 0 Å². The molecule has 1 aromatic carbocycles. The molecule has 0 unspecified atom stereocenters. The summed E-state index contributed by atoms with van der Waals surface area (Å²) in [5.41, 5.74) is -0.379. The van der Waals surface area contributed by atoms with Crippen molar-refractivity contribution in [3.63, 3.8) is 0 Å². The smallest absolute Gasteiger partial charge is 0.483 e. The predicted molar refractivity (Wildman–Crippen MR) is 274 cm³/mol. The molecule has 6 nitrogen and oxygen atoms in total. The van der Waals surface area contributed by atoms with Crippen LogP contribution in [0.15, 0.2) is 6.07 Å². The summed E-state index contributed by atoms with van der Waals surface area (Å²) in [6.07, 6.45) is 47.6. The SMILES string of the molecule is CCCCCCCCCCCCCCCCCCCCCCCCc1c(O)cc(O)c(CCCCCCCCCCCCCCCCCCCCCCCC)c1OC(F)(F)C(F)(F)S(=O)(=O)O. The first-order valence-corrected chi connectivity index (χ1v) is 29.7. The standard InChI is InChI=1S/C56H102F4O6S/c1-3-5-7-9-11-13-15-17-19-21-23-25-27-29-31-33-35-37-39-41-43-45-47-50-52(61)49-53(62)51(54(50)66-55(57,58)56(59,60)67(63,64)65)48-46-44-42-40-38-36-34-32-30-28-26-24-22-20-18-16-14-12-10-8-6-4-2/h49,61-62H,3-48H2,1-2H3,(H,63,64,65). The van der Waals surface area contributed by atoms with E-state index in [0.717, 1.165) is 57.4 Å². The molecule has 3 N–H and O–H groups in total. The molecular formula is C56H102F4O6S. The highest BCUT2D eigenvalue weighted by Gasteiger charge is 2.69. The quantitative estimate of drug-likeness (QED) is 0.0341. The summed E-state index contributed by atoms with van der Waals surface area (Å²) in [5.74, 6) is -2.04. The molecule has 0 aliphatic rings. The van der Waals surface area contributed by atoms with Crippen molar-refractivity contribution in [3.05, 3.63) is 17.2 Å². The Morgan fingerprint density at radius 1 is 0.388 bits per heavy atom. The van der Waals surface area contributed by atoms with E-state index >= 15 is 0 Å². The molecule has 0 bridgehead atoms. The predicted octanol–water partition coefficient (Wildman–Crippen LogP) is 19.8. The van der Waals surface area contributed by atoms with Crippen molar-refractivity contribution in [1.82, 2.24) is 0 Å². The number of unbranched alkanes of at least 4 members (excludes halogenated alkanes) is 42. The van der Waals surface area contributed by atoms with Gasteiger partial charge in [0.25, 0.3) is 0 Å². The van der Waals surface area contributed by atoms with Crippen molar-refractivity contribution in [2.75, 3.05) is 0 Å². The third-order valence-electron chi connectivity index (χ3n) is 13.9. The fourth-order valence-electron chi connectivity index (χ4n) is 9.48. The summed E-state index contributed by atoms with van der Waals surface area (Å²) in [4.78, 5) is 0. The van der Waals surface area contributed by atoms with Crippen molar-refractivity contribution < 1.29 is 45.5 Å². The zero-order valence-electron chi connectivity index (χ0n) is 43.1. The van der Waals surface area contributed by atoms with Gasteiger partial charge in [-0.2, -0.15) is 26.0 Å². The Hall–Kier alpha value is -1.75. The Balaban J connectivity index is 2.39. The minimum atomic E-state index is -6.56. The minimum absolute atomic E-state index is 0.000452. The van der Waals surface area contributed by atoms with Crippen LogP contribution in [0.2, 0.25) is 0 Å². The largest absolute Gasteiger partial charge is 0.507 e. The van der Waals surface area contributed by atoms with E-state index in [1.54, 1.807) is 0 Å². The highest BCUT2D eigenvalue weighted by molar-refractivity contribution is 7.87. The number of ether oxygens (including phenoxy) is 1. The van der Waals surface area contributed by atoms with Crippen molar-refractivity contribution in [1.29, 1.82) is 0 Å². The maximum absolute atomic E-state index is 14.9. The Morgan fingerprint density at radius 2 is 0.582 bits per heavy atom. The first-order valence-electron chi connectivity index (χ1n) is 28.3. The molecule has 396 valence electrons. The summed E-state index contributed by atoms with van der Waals surface area (Å²) in [5, 5.41) is 15.5. The molecule has 0 spiro atoms. The van der Waals surface area contributed by atoms with Gasteiger partial charge in [-0.1, -0.05) is 284 Å². The van der Waals surface area contributed by atoms with Gasteiger partial charge >= 0.3 is 21.5 Å². The number of rotatable bonds is 50. The van der Waals surface area contributed by atoms with E-state index in [2.05, 4.69) is 18.6 Å². The lowest BCUT2D eigenvalue weighted by Crippen LogP contribution is -2.50. The van der Waals surface area contributed by atoms with Crippen LogP contribution in [-0.4, -0.2) is 34.5 Å². The summed E-state index contributed by atoms with van der Waals surface area (Å²) in [6, 6.07) is 1.01. The molecule has 0 radical (unpaired) electrons. The molecule has 1 aromatic rings. The normalized spacial score (nSPS) is 12.4. The van der Waals surface area contributed by atoms with Gasteiger partial charge in [0.2, 0.25) is 0 Å². The molecule has 0 aliphatic carbocycles. The fraction of sp³-hybridized carbons (Fsp3) is 0.893. The molecule has 11 heteroatoms. The third kappa shape index (κ3) is 31.3. The van der Waals surface area contributed by atoms with Gasteiger partial charge in [0.1, 0.15) is 17.2 Å². The van der Waals surface area contributed by atoms with E-state index in [-0.39, 0.29) is 24.0 Å². The molecule has 1 rings (SSSR count). The van der Waals surface area contributed by atoms with Crippen LogP contribution in [0.25, 0.3) is 0 Å². The summed E-state index contributed by atoms with van der Waals surface area (Å²) in [7, 11) is -6.56. The van der Waals surface area contributed by atoms with Gasteiger partial charge in [0, 0.05) is 17.2 Å². The van der Waals surface area contributed by atoms with Gasteiger partial charge in [0.05, 0.1) is 0 Å². The first kappa shape index (κ1) is 63.3. The number of halogens is 4. The van der Waals surface area contributed by atoms with Gasteiger partial charge in [0.15, 0.2) is 0 Å².